The molecule has 1 rings (SSSR count). The van der Waals surface area contributed by atoms with Gasteiger partial charge in [0.2, 0.25) is 0 Å². The number of halogens is 1. The molecule has 4 heteroatoms. The predicted molar refractivity (Wildman–Crippen MR) is 47.4 cm³/mol. The van der Waals surface area contributed by atoms with Gasteiger partial charge >= 0.3 is 5.97 Å². The molecule has 0 aromatic rings. The highest BCUT2D eigenvalue weighted by molar-refractivity contribution is 5.67. The first-order chi connectivity index (χ1) is 6.07. The molecule has 1 aliphatic heterocycles. The van der Waals surface area contributed by atoms with E-state index in [9.17, 15) is 9.18 Å². The van der Waals surface area contributed by atoms with Gasteiger partial charge in [-0.1, -0.05) is 0 Å². The highest BCUT2D eigenvalue weighted by Gasteiger charge is 2.39. The number of piperidine rings is 1. The summed E-state index contributed by atoms with van der Waals surface area (Å²) in [6.45, 7) is 2.91. The molecule has 0 bridgehead atoms. The van der Waals surface area contributed by atoms with Crippen molar-refractivity contribution < 1.29 is 14.3 Å². The van der Waals surface area contributed by atoms with Crippen molar-refractivity contribution in [3.05, 3.63) is 0 Å². The van der Waals surface area contributed by atoms with Crippen LogP contribution in [0.3, 0.4) is 0 Å². The molecule has 0 radical (unpaired) electrons. The van der Waals surface area contributed by atoms with Crippen LogP contribution in [-0.2, 0) is 4.79 Å². The monoisotopic (exact) mass is 189 g/mol. The fourth-order valence-electron chi connectivity index (χ4n) is 1.94. The van der Waals surface area contributed by atoms with Gasteiger partial charge in [0.15, 0.2) is 0 Å². The summed E-state index contributed by atoms with van der Waals surface area (Å²) in [5, 5.41) is 11.8. The van der Waals surface area contributed by atoms with Gasteiger partial charge in [0.05, 0.1) is 6.42 Å². The Balaban J connectivity index is 2.67. The van der Waals surface area contributed by atoms with Crippen LogP contribution in [0.2, 0.25) is 0 Å². The molecule has 76 valence electrons. The SMILES string of the molecule is CC(F)C1(CC(=O)O)CCNCC1. The Hall–Kier alpha value is -0.640. The van der Waals surface area contributed by atoms with E-state index >= 15 is 0 Å². The van der Waals surface area contributed by atoms with Crippen LogP contribution in [-0.4, -0.2) is 30.3 Å². The molecule has 0 aliphatic carbocycles. The zero-order valence-electron chi connectivity index (χ0n) is 7.85. The summed E-state index contributed by atoms with van der Waals surface area (Å²) in [6.07, 6.45) is 0.158. The highest BCUT2D eigenvalue weighted by Crippen LogP contribution is 2.37. The van der Waals surface area contributed by atoms with Crippen molar-refractivity contribution in [2.75, 3.05) is 13.1 Å². The third kappa shape index (κ3) is 2.40. The number of nitrogens with one attached hydrogen (secondary N) is 1. The fourth-order valence-corrected chi connectivity index (χ4v) is 1.94. The molecule has 3 nitrogen and oxygen atoms in total. The maximum atomic E-state index is 13.3. The van der Waals surface area contributed by atoms with Gasteiger partial charge in [0, 0.05) is 5.41 Å². The molecule has 2 N–H and O–H groups in total. The summed E-state index contributed by atoms with van der Waals surface area (Å²) in [5.74, 6) is -0.897. The minimum atomic E-state index is -1.04. The lowest BCUT2D eigenvalue weighted by atomic mass is 9.73. The van der Waals surface area contributed by atoms with Crippen LogP contribution in [0.5, 0.6) is 0 Å². The number of aliphatic carboxylic acids is 1. The molecule has 0 aromatic carbocycles. The van der Waals surface area contributed by atoms with Crippen molar-refractivity contribution in [1.29, 1.82) is 0 Å². The van der Waals surface area contributed by atoms with Crippen molar-refractivity contribution in [3.8, 4) is 0 Å². The Bertz CT molecular complexity index is 188. The number of hydrogen-bond acceptors (Lipinski definition) is 2. The first-order valence-corrected chi connectivity index (χ1v) is 4.63. The Labute approximate surface area is 77.3 Å². The number of carboxylic acids is 1. The third-order valence-electron chi connectivity index (χ3n) is 2.95. The van der Waals surface area contributed by atoms with Gasteiger partial charge < -0.3 is 10.4 Å². The number of alkyl halides is 1. The van der Waals surface area contributed by atoms with Crippen molar-refractivity contribution in [1.82, 2.24) is 5.32 Å². The summed E-state index contributed by atoms with van der Waals surface area (Å²) in [7, 11) is 0. The zero-order chi connectivity index (χ0) is 9.90. The first-order valence-electron chi connectivity index (χ1n) is 4.63. The van der Waals surface area contributed by atoms with E-state index in [0.29, 0.717) is 12.8 Å². The van der Waals surface area contributed by atoms with Gasteiger partial charge in [0.25, 0.3) is 0 Å². The number of rotatable bonds is 3. The molecule has 0 aromatic heterocycles. The van der Waals surface area contributed by atoms with Gasteiger partial charge in [-0.3, -0.25) is 4.79 Å². The fraction of sp³-hybridized carbons (Fsp3) is 0.889. The van der Waals surface area contributed by atoms with E-state index < -0.39 is 17.6 Å². The number of hydrogen-bond donors (Lipinski definition) is 2. The van der Waals surface area contributed by atoms with E-state index in [1.54, 1.807) is 0 Å². The Morgan fingerprint density at radius 1 is 1.62 bits per heavy atom. The Kier molecular flexibility index (Phi) is 3.25. The van der Waals surface area contributed by atoms with E-state index in [-0.39, 0.29) is 6.42 Å². The second-order valence-electron chi connectivity index (χ2n) is 3.80. The number of carbonyl (C=O) groups is 1. The zero-order valence-corrected chi connectivity index (χ0v) is 7.85. The second kappa shape index (κ2) is 4.05. The van der Waals surface area contributed by atoms with Crippen molar-refractivity contribution in [2.45, 2.75) is 32.4 Å². The quantitative estimate of drug-likeness (QED) is 0.701. The van der Waals surface area contributed by atoms with Gasteiger partial charge in [-0.25, -0.2) is 4.39 Å². The molecule has 0 amide bonds. The molecule has 1 fully saturated rings. The Morgan fingerprint density at radius 2 is 2.15 bits per heavy atom. The lowest BCUT2D eigenvalue weighted by Gasteiger charge is -2.37. The van der Waals surface area contributed by atoms with Gasteiger partial charge in [0.1, 0.15) is 6.17 Å². The molecular formula is C9H16FNO2. The molecule has 1 atom stereocenters. The van der Waals surface area contributed by atoms with Crippen LogP contribution < -0.4 is 5.32 Å². The normalized spacial score (nSPS) is 23.8. The number of carboxylic acid groups (broad SMARTS) is 1. The van der Waals surface area contributed by atoms with Crippen LogP contribution in [0, 0.1) is 5.41 Å². The van der Waals surface area contributed by atoms with Gasteiger partial charge in [-0.2, -0.15) is 0 Å². The topological polar surface area (TPSA) is 49.3 Å². The summed E-state index contributed by atoms with van der Waals surface area (Å²) < 4.78 is 13.3. The third-order valence-corrected chi connectivity index (χ3v) is 2.95. The van der Waals surface area contributed by atoms with Gasteiger partial charge in [-0.05, 0) is 32.9 Å². The summed E-state index contributed by atoms with van der Waals surface area (Å²) in [4.78, 5) is 10.6. The summed E-state index contributed by atoms with van der Waals surface area (Å²) >= 11 is 0. The Morgan fingerprint density at radius 3 is 2.54 bits per heavy atom. The van der Waals surface area contributed by atoms with Crippen LogP contribution in [0.25, 0.3) is 0 Å². The van der Waals surface area contributed by atoms with Gasteiger partial charge in [-0.15, -0.1) is 0 Å². The molecule has 1 aliphatic rings. The average molecular weight is 189 g/mol. The largest absolute Gasteiger partial charge is 0.481 e. The molecule has 1 saturated heterocycles. The van der Waals surface area contributed by atoms with Crippen LogP contribution >= 0.6 is 0 Å². The maximum Gasteiger partial charge on any atom is 0.304 e. The predicted octanol–water partition coefficient (Wildman–Crippen LogP) is 1.19. The van der Waals surface area contributed by atoms with E-state index in [0.717, 1.165) is 13.1 Å². The highest BCUT2D eigenvalue weighted by atomic mass is 19.1. The van der Waals surface area contributed by atoms with E-state index in [2.05, 4.69) is 5.32 Å². The lowest BCUT2D eigenvalue weighted by Crippen LogP contribution is -2.43. The molecule has 13 heavy (non-hydrogen) atoms. The smallest absolute Gasteiger partial charge is 0.304 e. The van der Waals surface area contributed by atoms with Crippen LogP contribution in [0.15, 0.2) is 0 Å². The molecule has 0 saturated carbocycles. The average Bonchev–Trinajstić information content (AvgIpc) is 2.04. The maximum absolute atomic E-state index is 13.3. The van der Waals surface area contributed by atoms with E-state index in [1.165, 1.54) is 6.92 Å². The summed E-state index contributed by atoms with van der Waals surface area (Å²) in [6, 6.07) is 0. The molecule has 0 spiro atoms. The standard InChI is InChI=1S/C9H16FNO2/c1-7(10)9(6-8(12)13)2-4-11-5-3-9/h7,11H,2-6H2,1H3,(H,12,13). The lowest BCUT2D eigenvalue weighted by molar-refractivity contribution is -0.141. The molecule has 1 heterocycles. The van der Waals surface area contributed by atoms with Crippen molar-refractivity contribution in [2.24, 2.45) is 5.41 Å². The minimum Gasteiger partial charge on any atom is -0.481 e. The minimum absolute atomic E-state index is 0.0493. The van der Waals surface area contributed by atoms with E-state index in [4.69, 9.17) is 5.11 Å². The molecule has 1 unspecified atom stereocenters. The van der Waals surface area contributed by atoms with Crippen molar-refractivity contribution >= 4 is 5.97 Å². The molecular weight excluding hydrogens is 173 g/mol. The van der Waals surface area contributed by atoms with Crippen molar-refractivity contribution in [3.63, 3.8) is 0 Å². The van der Waals surface area contributed by atoms with Crippen LogP contribution in [0.4, 0.5) is 4.39 Å². The van der Waals surface area contributed by atoms with E-state index in [1.807, 2.05) is 0 Å². The van der Waals surface area contributed by atoms with Crippen LogP contribution in [0.1, 0.15) is 26.2 Å². The first kappa shape index (κ1) is 10.4. The summed E-state index contributed by atoms with van der Waals surface area (Å²) in [5.41, 5.74) is -0.628. The second-order valence-corrected chi connectivity index (χ2v) is 3.80.